The van der Waals surface area contributed by atoms with Gasteiger partial charge in [-0.3, -0.25) is 0 Å². The van der Waals surface area contributed by atoms with Crippen molar-refractivity contribution in [2.24, 2.45) is 0 Å². The van der Waals surface area contributed by atoms with Crippen molar-refractivity contribution in [2.75, 3.05) is 0 Å². The highest BCUT2D eigenvalue weighted by atomic mass is 16.3. The summed E-state index contributed by atoms with van der Waals surface area (Å²) in [6.45, 7) is 0. The largest absolute Gasteiger partial charge is 0.455 e. The first kappa shape index (κ1) is 17.3. The maximum atomic E-state index is 9.27. The van der Waals surface area contributed by atoms with E-state index in [-0.39, 0.29) is 45.7 Å². The molecule has 0 atom stereocenters. The predicted octanol–water partition coefficient (Wildman–Crippen LogP) is 12.0. The van der Waals surface area contributed by atoms with Gasteiger partial charge in [0.25, 0.3) is 0 Å². The van der Waals surface area contributed by atoms with Crippen LogP contribution in [0.4, 0.5) is 0 Å². The minimum absolute atomic E-state index is 0.179. The van der Waals surface area contributed by atoms with Gasteiger partial charge in [-0.25, -0.2) is 0 Å². The van der Waals surface area contributed by atoms with Gasteiger partial charge >= 0.3 is 0 Å². The van der Waals surface area contributed by atoms with Crippen molar-refractivity contribution in [1.29, 1.82) is 0 Å². The van der Waals surface area contributed by atoms with E-state index in [1.165, 1.54) is 0 Å². The standard InChI is InChI=1S/C42H26O/c1-2-10-27(11-3-1)28-18-20-30(21-19-28)40-33-14-6-8-16-35(33)41(36-17-9-7-15-34(36)40)31-23-25-39-38(26-31)37-24-22-29-12-4-5-13-32(29)42(37)43-39/h1-26H/i6D,7D,8D,9D,14D,15D,16D,17D. The molecular formula is C42H26O. The van der Waals surface area contributed by atoms with Crippen LogP contribution < -0.4 is 0 Å². The maximum Gasteiger partial charge on any atom is 0.143 e. The van der Waals surface area contributed by atoms with E-state index in [1.807, 2.05) is 103 Å². The summed E-state index contributed by atoms with van der Waals surface area (Å²) >= 11 is 0. The predicted molar refractivity (Wildman–Crippen MR) is 183 cm³/mol. The van der Waals surface area contributed by atoms with Crippen LogP contribution in [0.5, 0.6) is 0 Å². The zero-order valence-electron chi connectivity index (χ0n) is 30.8. The van der Waals surface area contributed by atoms with Gasteiger partial charge in [0.05, 0.1) is 11.0 Å². The van der Waals surface area contributed by atoms with Gasteiger partial charge in [-0.05, 0) is 78.5 Å². The average molecular weight is 555 g/mol. The average Bonchev–Trinajstić information content (AvgIpc) is 3.55. The number of hydrogen-bond donors (Lipinski definition) is 0. The Hall–Kier alpha value is -5.66. The highest BCUT2D eigenvalue weighted by molar-refractivity contribution is 6.22. The summed E-state index contributed by atoms with van der Waals surface area (Å²) in [6, 6.07) is 31.9. The van der Waals surface area contributed by atoms with Crippen LogP contribution in [-0.2, 0) is 0 Å². The molecule has 0 unspecified atom stereocenters. The molecule has 1 heteroatoms. The van der Waals surface area contributed by atoms with E-state index >= 15 is 0 Å². The highest BCUT2D eigenvalue weighted by Crippen LogP contribution is 2.45. The van der Waals surface area contributed by atoms with E-state index < -0.39 is 24.2 Å². The zero-order valence-corrected chi connectivity index (χ0v) is 22.8. The lowest BCUT2D eigenvalue weighted by molar-refractivity contribution is 0.672. The first-order valence-corrected chi connectivity index (χ1v) is 14.1. The lowest BCUT2D eigenvalue weighted by atomic mass is 9.85. The van der Waals surface area contributed by atoms with Crippen LogP contribution >= 0.6 is 0 Å². The van der Waals surface area contributed by atoms with E-state index in [4.69, 9.17) is 9.90 Å². The van der Waals surface area contributed by atoms with Gasteiger partial charge in [-0.2, -0.15) is 0 Å². The molecule has 0 amide bonds. The fraction of sp³-hybridized carbons (Fsp3) is 0. The summed E-state index contributed by atoms with van der Waals surface area (Å²) in [6.07, 6.45) is 0. The number of benzene rings is 8. The summed E-state index contributed by atoms with van der Waals surface area (Å²) in [5.41, 5.74) is 4.99. The molecule has 9 aromatic rings. The molecule has 43 heavy (non-hydrogen) atoms. The second kappa shape index (κ2) is 9.44. The fourth-order valence-electron chi connectivity index (χ4n) is 6.32. The Labute approximate surface area is 260 Å². The summed E-state index contributed by atoms with van der Waals surface area (Å²) in [4.78, 5) is 0. The summed E-state index contributed by atoms with van der Waals surface area (Å²) in [7, 11) is 0. The van der Waals surface area contributed by atoms with Crippen molar-refractivity contribution in [3.8, 4) is 33.4 Å². The molecule has 1 heterocycles. The molecule has 0 radical (unpaired) electrons. The highest BCUT2D eigenvalue weighted by Gasteiger charge is 2.18. The van der Waals surface area contributed by atoms with Crippen molar-refractivity contribution in [2.45, 2.75) is 0 Å². The minimum Gasteiger partial charge on any atom is -0.455 e. The smallest absolute Gasteiger partial charge is 0.143 e. The lowest BCUT2D eigenvalue weighted by Crippen LogP contribution is -1.91. The van der Waals surface area contributed by atoms with E-state index in [9.17, 15) is 5.48 Å². The van der Waals surface area contributed by atoms with E-state index in [1.54, 1.807) is 6.07 Å². The Kier molecular flexibility index (Phi) is 3.80. The van der Waals surface area contributed by atoms with Crippen molar-refractivity contribution in [3.63, 3.8) is 0 Å². The number of rotatable bonds is 3. The Morgan fingerprint density at radius 2 is 0.953 bits per heavy atom. The Morgan fingerprint density at radius 1 is 0.395 bits per heavy atom. The van der Waals surface area contributed by atoms with E-state index in [0.29, 0.717) is 33.4 Å². The van der Waals surface area contributed by atoms with Crippen LogP contribution in [0.2, 0.25) is 0 Å². The van der Waals surface area contributed by atoms with Gasteiger partial charge in [0.2, 0.25) is 0 Å². The van der Waals surface area contributed by atoms with Crippen molar-refractivity contribution in [1.82, 2.24) is 0 Å². The molecule has 9 rings (SSSR count). The van der Waals surface area contributed by atoms with Crippen LogP contribution in [0, 0.1) is 0 Å². The number of furan rings is 1. The molecule has 0 aliphatic heterocycles. The molecule has 0 spiro atoms. The van der Waals surface area contributed by atoms with Crippen molar-refractivity contribution in [3.05, 3.63) is 158 Å². The van der Waals surface area contributed by atoms with Crippen LogP contribution in [-0.4, -0.2) is 0 Å². The molecule has 8 aromatic carbocycles. The zero-order chi connectivity index (χ0) is 35.3. The molecule has 0 fully saturated rings. The van der Waals surface area contributed by atoms with Crippen LogP contribution in [0.3, 0.4) is 0 Å². The second-order valence-corrected chi connectivity index (χ2v) is 10.7. The molecule has 0 N–H and O–H groups in total. The topological polar surface area (TPSA) is 13.1 Å². The fourth-order valence-corrected chi connectivity index (χ4v) is 6.32. The van der Waals surface area contributed by atoms with Crippen molar-refractivity contribution >= 4 is 54.3 Å². The molecular weight excluding hydrogens is 520 g/mol. The molecule has 1 nitrogen and oxygen atoms in total. The normalized spacial score (nSPS) is 14.3. The second-order valence-electron chi connectivity index (χ2n) is 10.7. The quantitative estimate of drug-likeness (QED) is 0.198. The molecule has 200 valence electrons. The molecule has 0 saturated heterocycles. The SMILES string of the molecule is [2H]c1c([2H])c([2H])c2c(-c3ccc4oc5c6ccccc6ccc5c4c3)c3c([2H])c([2H])c([2H])c([2H])c3c(-c3ccc(-c4ccccc4)cc3)c2c1[2H]. The molecule has 0 aliphatic carbocycles. The summed E-state index contributed by atoms with van der Waals surface area (Å²) in [5, 5.41) is 4.34. The van der Waals surface area contributed by atoms with Gasteiger partial charge in [-0.15, -0.1) is 0 Å². The van der Waals surface area contributed by atoms with Crippen LogP contribution in [0.25, 0.3) is 87.6 Å². The Morgan fingerprint density at radius 3 is 1.65 bits per heavy atom. The molecule has 1 aromatic heterocycles. The Bertz CT molecular complexity index is 2850. The van der Waals surface area contributed by atoms with Crippen LogP contribution in [0.15, 0.2) is 162 Å². The van der Waals surface area contributed by atoms with Gasteiger partial charge < -0.3 is 4.42 Å². The number of fused-ring (bicyclic) bond motifs is 7. The van der Waals surface area contributed by atoms with Gasteiger partial charge in [0.1, 0.15) is 11.2 Å². The van der Waals surface area contributed by atoms with E-state index in [0.717, 1.165) is 32.7 Å². The third kappa shape index (κ3) is 3.72. The van der Waals surface area contributed by atoms with Crippen LogP contribution in [0.1, 0.15) is 11.0 Å². The third-order valence-electron chi connectivity index (χ3n) is 8.31. The molecule has 0 bridgehead atoms. The third-order valence-corrected chi connectivity index (χ3v) is 8.31. The first-order valence-electron chi connectivity index (χ1n) is 18.1. The van der Waals surface area contributed by atoms with Gasteiger partial charge in [-0.1, -0.05) is 139 Å². The number of hydrogen-bond acceptors (Lipinski definition) is 1. The maximum absolute atomic E-state index is 9.27. The summed E-state index contributed by atoms with van der Waals surface area (Å²) in [5.74, 6) is 0. The molecule has 0 aliphatic rings. The minimum atomic E-state index is -0.430. The van der Waals surface area contributed by atoms with Crippen molar-refractivity contribution < 1.29 is 15.4 Å². The van der Waals surface area contributed by atoms with Gasteiger partial charge in [0, 0.05) is 16.2 Å². The summed E-state index contributed by atoms with van der Waals surface area (Å²) < 4.78 is 78.3. The van der Waals surface area contributed by atoms with Gasteiger partial charge in [0.15, 0.2) is 0 Å². The monoisotopic (exact) mass is 554 g/mol. The van der Waals surface area contributed by atoms with E-state index in [2.05, 4.69) is 0 Å². The lowest BCUT2D eigenvalue weighted by Gasteiger charge is -2.18. The first-order chi connectivity index (χ1) is 24.7. The Balaban J connectivity index is 1.45. The molecule has 0 saturated carbocycles.